The smallest absolute Gasteiger partial charge is 0.172 e. The van der Waals surface area contributed by atoms with Crippen molar-refractivity contribution in [2.75, 3.05) is 17.2 Å². The third-order valence-corrected chi connectivity index (χ3v) is 5.37. The van der Waals surface area contributed by atoms with Gasteiger partial charge in [-0.05, 0) is 25.1 Å². The number of rotatable bonds is 2. The summed E-state index contributed by atoms with van der Waals surface area (Å²) in [4.78, 5) is 2.33. The van der Waals surface area contributed by atoms with E-state index in [-0.39, 0.29) is 5.84 Å². The Morgan fingerprint density at radius 2 is 2.26 bits per heavy atom. The molecule has 19 heavy (non-hydrogen) atoms. The molecule has 1 aromatic rings. The standard InChI is InChI=1S/C13H18BrN3OS/c1-8-9(2)19-6-5-17(8)12-7-10(14)3-4-11(12)13(15)16-18/h3-4,7-9,18H,5-6H2,1-2H3,(H2,15,16). The zero-order valence-electron chi connectivity index (χ0n) is 11.0. The summed E-state index contributed by atoms with van der Waals surface area (Å²) >= 11 is 5.48. The molecule has 1 aliphatic rings. The molecule has 0 aromatic heterocycles. The Morgan fingerprint density at radius 3 is 2.95 bits per heavy atom. The van der Waals surface area contributed by atoms with Gasteiger partial charge in [-0.3, -0.25) is 0 Å². The minimum Gasteiger partial charge on any atom is -0.409 e. The third kappa shape index (κ3) is 3.00. The molecule has 1 saturated heterocycles. The molecule has 2 rings (SSSR count). The first-order chi connectivity index (χ1) is 9.04. The Labute approximate surface area is 126 Å². The highest BCUT2D eigenvalue weighted by Gasteiger charge is 2.27. The first-order valence-electron chi connectivity index (χ1n) is 6.20. The first kappa shape index (κ1) is 14.5. The molecule has 0 aliphatic carbocycles. The van der Waals surface area contributed by atoms with Crippen molar-refractivity contribution >= 4 is 39.2 Å². The van der Waals surface area contributed by atoms with Crippen LogP contribution in [0.4, 0.5) is 5.69 Å². The van der Waals surface area contributed by atoms with Crippen LogP contribution in [0.1, 0.15) is 19.4 Å². The van der Waals surface area contributed by atoms with Crippen LogP contribution >= 0.6 is 27.7 Å². The van der Waals surface area contributed by atoms with Crippen molar-refractivity contribution in [3.8, 4) is 0 Å². The van der Waals surface area contributed by atoms with E-state index >= 15 is 0 Å². The Bertz CT molecular complexity index is 495. The van der Waals surface area contributed by atoms with Crippen LogP contribution in [0, 0.1) is 0 Å². The molecule has 1 fully saturated rings. The summed E-state index contributed by atoms with van der Waals surface area (Å²) in [6.45, 7) is 5.43. The number of thioether (sulfide) groups is 1. The summed E-state index contributed by atoms with van der Waals surface area (Å²) in [5.41, 5.74) is 7.58. The number of oxime groups is 1. The van der Waals surface area contributed by atoms with E-state index in [0.717, 1.165) is 28.0 Å². The van der Waals surface area contributed by atoms with E-state index in [2.05, 4.69) is 39.8 Å². The summed E-state index contributed by atoms with van der Waals surface area (Å²) in [5, 5.41) is 12.6. The van der Waals surface area contributed by atoms with Gasteiger partial charge in [0.25, 0.3) is 0 Å². The van der Waals surface area contributed by atoms with Crippen molar-refractivity contribution in [2.45, 2.75) is 25.1 Å². The van der Waals surface area contributed by atoms with Crippen molar-refractivity contribution < 1.29 is 5.21 Å². The van der Waals surface area contributed by atoms with Crippen molar-refractivity contribution in [2.24, 2.45) is 10.9 Å². The van der Waals surface area contributed by atoms with Crippen molar-refractivity contribution in [1.29, 1.82) is 0 Å². The Kier molecular flexibility index (Phi) is 4.62. The van der Waals surface area contributed by atoms with Crippen molar-refractivity contribution in [3.63, 3.8) is 0 Å². The molecule has 2 atom stereocenters. The largest absolute Gasteiger partial charge is 0.409 e. The summed E-state index contributed by atoms with van der Waals surface area (Å²) < 4.78 is 0.995. The average molecular weight is 344 g/mol. The fourth-order valence-electron chi connectivity index (χ4n) is 2.29. The molecule has 3 N–H and O–H groups in total. The van der Waals surface area contributed by atoms with Gasteiger partial charge in [0.2, 0.25) is 0 Å². The van der Waals surface area contributed by atoms with Gasteiger partial charge < -0.3 is 15.8 Å². The van der Waals surface area contributed by atoms with E-state index in [4.69, 9.17) is 10.9 Å². The van der Waals surface area contributed by atoms with Gasteiger partial charge in [-0.1, -0.05) is 28.0 Å². The minimum atomic E-state index is 0.153. The van der Waals surface area contributed by atoms with Gasteiger partial charge in [-0.15, -0.1) is 0 Å². The number of hydrogen-bond acceptors (Lipinski definition) is 4. The molecule has 2 unspecified atom stereocenters. The van der Waals surface area contributed by atoms with Crippen LogP contribution < -0.4 is 10.6 Å². The second kappa shape index (κ2) is 6.05. The lowest BCUT2D eigenvalue weighted by molar-refractivity contribution is 0.318. The molecule has 1 aromatic carbocycles. The second-order valence-corrected chi connectivity index (χ2v) is 7.06. The highest BCUT2D eigenvalue weighted by molar-refractivity contribution is 9.10. The van der Waals surface area contributed by atoms with E-state index in [1.165, 1.54) is 0 Å². The predicted octanol–water partition coefficient (Wildman–Crippen LogP) is 2.87. The van der Waals surface area contributed by atoms with Gasteiger partial charge in [0.15, 0.2) is 5.84 Å². The lowest BCUT2D eigenvalue weighted by Crippen LogP contribution is -2.45. The fraction of sp³-hybridized carbons (Fsp3) is 0.462. The quantitative estimate of drug-likeness (QED) is 0.375. The van der Waals surface area contributed by atoms with E-state index in [9.17, 15) is 0 Å². The van der Waals surface area contributed by atoms with Crippen LogP contribution in [0.5, 0.6) is 0 Å². The van der Waals surface area contributed by atoms with Crippen LogP contribution in [0.3, 0.4) is 0 Å². The van der Waals surface area contributed by atoms with Crippen LogP contribution in [0.2, 0.25) is 0 Å². The SMILES string of the molecule is CC1SCCN(c2cc(Br)ccc2/C(N)=N/O)C1C. The number of anilines is 1. The Hall–Kier alpha value is -0.880. The minimum absolute atomic E-state index is 0.153. The summed E-state index contributed by atoms with van der Waals surface area (Å²) in [6.07, 6.45) is 0. The highest BCUT2D eigenvalue weighted by atomic mass is 79.9. The molecule has 1 heterocycles. The summed E-state index contributed by atoms with van der Waals surface area (Å²) in [6, 6.07) is 6.24. The van der Waals surface area contributed by atoms with E-state index in [1.807, 2.05) is 30.0 Å². The zero-order chi connectivity index (χ0) is 14.0. The maximum atomic E-state index is 8.93. The van der Waals surface area contributed by atoms with Crippen LogP contribution in [0.15, 0.2) is 27.8 Å². The molecule has 1 aliphatic heterocycles. The van der Waals surface area contributed by atoms with E-state index < -0.39 is 0 Å². The maximum Gasteiger partial charge on any atom is 0.172 e. The molecule has 6 heteroatoms. The van der Waals surface area contributed by atoms with Crippen LogP contribution in [-0.2, 0) is 0 Å². The molecule has 0 saturated carbocycles. The first-order valence-corrected chi connectivity index (χ1v) is 8.04. The molecule has 0 amide bonds. The average Bonchev–Trinajstić information content (AvgIpc) is 2.41. The molecule has 0 radical (unpaired) electrons. The summed E-state index contributed by atoms with van der Waals surface area (Å²) in [5.74, 6) is 1.24. The van der Waals surface area contributed by atoms with Crippen molar-refractivity contribution in [1.82, 2.24) is 0 Å². The van der Waals surface area contributed by atoms with Gasteiger partial charge in [-0.25, -0.2) is 0 Å². The molecular formula is C13H18BrN3OS. The molecule has 0 bridgehead atoms. The van der Waals surface area contributed by atoms with Gasteiger partial charge in [0.05, 0.1) is 0 Å². The Morgan fingerprint density at radius 1 is 1.53 bits per heavy atom. The number of halogens is 1. The van der Waals surface area contributed by atoms with Gasteiger partial charge in [0.1, 0.15) is 0 Å². The van der Waals surface area contributed by atoms with Gasteiger partial charge in [-0.2, -0.15) is 11.8 Å². The van der Waals surface area contributed by atoms with Gasteiger partial charge in [0, 0.05) is 39.3 Å². The maximum absolute atomic E-state index is 8.93. The topological polar surface area (TPSA) is 61.8 Å². The molecule has 4 nitrogen and oxygen atoms in total. The van der Waals surface area contributed by atoms with Crippen LogP contribution in [0.25, 0.3) is 0 Å². The zero-order valence-corrected chi connectivity index (χ0v) is 13.4. The lowest BCUT2D eigenvalue weighted by atomic mass is 10.1. The number of nitrogens with two attached hydrogens (primary N) is 1. The number of nitrogens with zero attached hydrogens (tertiary/aromatic N) is 2. The number of amidine groups is 1. The normalized spacial score (nSPS) is 24.6. The van der Waals surface area contributed by atoms with Crippen LogP contribution in [-0.4, -0.2) is 34.6 Å². The fourth-order valence-corrected chi connectivity index (χ4v) is 3.73. The molecule has 104 valence electrons. The van der Waals surface area contributed by atoms with E-state index in [0.29, 0.717) is 11.3 Å². The Balaban J connectivity index is 2.45. The highest BCUT2D eigenvalue weighted by Crippen LogP contribution is 2.32. The third-order valence-electron chi connectivity index (χ3n) is 3.54. The predicted molar refractivity (Wildman–Crippen MR) is 85.4 cm³/mol. The summed E-state index contributed by atoms with van der Waals surface area (Å²) in [7, 11) is 0. The monoisotopic (exact) mass is 343 g/mol. The number of benzene rings is 1. The lowest BCUT2D eigenvalue weighted by Gasteiger charge is -2.40. The number of hydrogen-bond donors (Lipinski definition) is 2. The molecular weight excluding hydrogens is 326 g/mol. The van der Waals surface area contributed by atoms with Gasteiger partial charge >= 0.3 is 0 Å². The second-order valence-electron chi connectivity index (χ2n) is 4.66. The molecule has 0 spiro atoms. The van der Waals surface area contributed by atoms with E-state index in [1.54, 1.807) is 0 Å². The van der Waals surface area contributed by atoms with Crippen molar-refractivity contribution in [3.05, 3.63) is 28.2 Å².